The number of rotatable bonds is 4. The fourth-order valence-corrected chi connectivity index (χ4v) is 3.86. The normalized spacial score (nSPS) is 28.8. The zero-order chi connectivity index (χ0) is 10.5. The monoisotopic (exact) mass is 228 g/mol. The van der Waals surface area contributed by atoms with Crippen LogP contribution in [0.3, 0.4) is 0 Å². The van der Waals surface area contributed by atoms with Crippen LogP contribution in [0.1, 0.15) is 32.6 Å². The maximum atomic E-state index is 3.61. The SMILES string of the molecule is CCN(CC1CCCN1)C1CCSCC1. The Morgan fingerprint density at radius 3 is 2.67 bits per heavy atom. The molecule has 0 aromatic heterocycles. The van der Waals surface area contributed by atoms with Crippen molar-refractivity contribution in [1.29, 1.82) is 0 Å². The Labute approximate surface area is 98.2 Å². The van der Waals surface area contributed by atoms with Crippen molar-refractivity contribution in [2.24, 2.45) is 0 Å². The fraction of sp³-hybridized carbons (Fsp3) is 1.00. The Morgan fingerprint density at radius 1 is 1.27 bits per heavy atom. The van der Waals surface area contributed by atoms with Crippen LogP contribution in [-0.2, 0) is 0 Å². The van der Waals surface area contributed by atoms with Gasteiger partial charge in [0.25, 0.3) is 0 Å². The highest BCUT2D eigenvalue weighted by molar-refractivity contribution is 7.99. The molecule has 2 nitrogen and oxygen atoms in total. The minimum absolute atomic E-state index is 0.777. The summed E-state index contributed by atoms with van der Waals surface area (Å²) in [5.74, 6) is 2.75. The molecule has 2 heterocycles. The van der Waals surface area contributed by atoms with Gasteiger partial charge in [0.05, 0.1) is 0 Å². The molecule has 1 N–H and O–H groups in total. The molecule has 2 rings (SSSR count). The van der Waals surface area contributed by atoms with Gasteiger partial charge in [-0.3, -0.25) is 4.90 Å². The highest BCUT2D eigenvalue weighted by Gasteiger charge is 2.23. The van der Waals surface area contributed by atoms with Gasteiger partial charge in [0.1, 0.15) is 0 Å². The molecule has 2 aliphatic heterocycles. The van der Waals surface area contributed by atoms with Crippen molar-refractivity contribution < 1.29 is 0 Å². The molecule has 2 aliphatic rings. The topological polar surface area (TPSA) is 15.3 Å². The maximum Gasteiger partial charge on any atom is 0.0195 e. The lowest BCUT2D eigenvalue weighted by Gasteiger charge is -2.35. The van der Waals surface area contributed by atoms with Crippen LogP contribution in [0.25, 0.3) is 0 Å². The first-order valence-corrected chi connectivity index (χ1v) is 7.61. The molecule has 15 heavy (non-hydrogen) atoms. The Hall–Kier alpha value is 0.270. The molecule has 0 aromatic rings. The van der Waals surface area contributed by atoms with E-state index in [1.54, 1.807) is 0 Å². The van der Waals surface area contributed by atoms with Crippen LogP contribution in [-0.4, -0.2) is 48.1 Å². The second-order valence-electron chi connectivity index (χ2n) is 4.72. The van der Waals surface area contributed by atoms with Gasteiger partial charge in [-0.1, -0.05) is 6.92 Å². The molecule has 2 fully saturated rings. The van der Waals surface area contributed by atoms with Crippen LogP contribution in [0.2, 0.25) is 0 Å². The molecule has 1 unspecified atom stereocenters. The van der Waals surface area contributed by atoms with Crippen LogP contribution in [0.15, 0.2) is 0 Å². The van der Waals surface area contributed by atoms with Crippen molar-refractivity contribution in [3.8, 4) is 0 Å². The molecule has 0 radical (unpaired) electrons. The molecular weight excluding hydrogens is 204 g/mol. The summed E-state index contributed by atoms with van der Waals surface area (Å²) < 4.78 is 0. The minimum Gasteiger partial charge on any atom is -0.313 e. The molecule has 0 aliphatic carbocycles. The summed E-state index contributed by atoms with van der Waals surface area (Å²) >= 11 is 2.13. The largest absolute Gasteiger partial charge is 0.313 e. The number of hydrogen-bond acceptors (Lipinski definition) is 3. The summed E-state index contributed by atoms with van der Waals surface area (Å²) in [7, 11) is 0. The van der Waals surface area contributed by atoms with Gasteiger partial charge < -0.3 is 5.32 Å². The highest BCUT2D eigenvalue weighted by Crippen LogP contribution is 2.22. The third kappa shape index (κ3) is 3.36. The average Bonchev–Trinajstić information content (AvgIpc) is 2.80. The third-order valence-electron chi connectivity index (χ3n) is 3.73. The first kappa shape index (κ1) is 11.7. The van der Waals surface area contributed by atoms with E-state index >= 15 is 0 Å². The molecule has 88 valence electrons. The molecule has 0 aromatic carbocycles. The van der Waals surface area contributed by atoms with Crippen molar-refractivity contribution in [3.05, 3.63) is 0 Å². The van der Waals surface area contributed by atoms with Crippen LogP contribution >= 0.6 is 11.8 Å². The summed E-state index contributed by atoms with van der Waals surface area (Å²) in [6.45, 7) is 6.07. The minimum atomic E-state index is 0.777. The lowest BCUT2D eigenvalue weighted by Crippen LogP contribution is -2.44. The van der Waals surface area contributed by atoms with Gasteiger partial charge in [-0.2, -0.15) is 11.8 Å². The van der Waals surface area contributed by atoms with E-state index in [1.807, 2.05) is 0 Å². The predicted octanol–water partition coefficient (Wildman–Crippen LogP) is 1.96. The third-order valence-corrected chi connectivity index (χ3v) is 4.78. The van der Waals surface area contributed by atoms with E-state index in [4.69, 9.17) is 0 Å². The fourth-order valence-electron chi connectivity index (χ4n) is 2.78. The number of thioether (sulfide) groups is 1. The Morgan fingerprint density at radius 2 is 2.07 bits per heavy atom. The molecule has 2 saturated heterocycles. The smallest absolute Gasteiger partial charge is 0.0195 e. The lowest BCUT2D eigenvalue weighted by molar-refractivity contribution is 0.179. The van der Waals surface area contributed by atoms with Crippen molar-refractivity contribution in [2.75, 3.05) is 31.1 Å². The first-order valence-electron chi connectivity index (χ1n) is 6.45. The molecule has 0 bridgehead atoms. The van der Waals surface area contributed by atoms with Crippen LogP contribution in [0.5, 0.6) is 0 Å². The van der Waals surface area contributed by atoms with Gasteiger partial charge in [-0.15, -0.1) is 0 Å². The standard InChI is InChI=1S/C12H24N2S/c1-2-14(10-11-4-3-7-13-11)12-5-8-15-9-6-12/h11-13H,2-10H2,1H3. The highest BCUT2D eigenvalue weighted by atomic mass is 32.2. The van der Waals surface area contributed by atoms with Gasteiger partial charge in [0.15, 0.2) is 0 Å². The van der Waals surface area contributed by atoms with Crippen molar-refractivity contribution in [1.82, 2.24) is 10.2 Å². The van der Waals surface area contributed by atoms with Gasteiger partial charge >= 0.3 is 0 Å². The van der Waals surface area contributed by atoms with Crippen molar-refractivity contribution in [2.45, 2.75) is 44.7 Å². The van der Waals surface area contributed by atoms with Crippen LogP contribution in [0, 0.1) is 0 Å². The average molecular weight is 228 g/mol. The number of nitrogens with zero attached hydrogens (tertiary/aromatic N) is 1. The number of nitrogens with one attached hydrogen (secondary N) is 1. The molecule has 0 amide bonds. The van der Waals surface area contributed by atoms with E-state index in [0.29, 0.717) is 0 Å². The van der Waals surface area contributed by atoms with E-state index in [9.17, 15) is 0 Å². The van der Waals surface area contributed by atoms with Gasteiger partial charge in [-0.05, 0) is 50.3 Å². The lowest BCUT2D eigenvalue weighted by atomic mass is 10.1. The number of hydrogen-bond donors (Lipinski definition) is 1. The quantitative estimate of drug-likeness (QED) is 0.792. The van der Waals surface area contributed by atoms with Gasteiger partial charge in [0, 0.05) is 18.6 Å². The van der Waals surface area contributed by atoms with E-state index < -0.39 is 0 Å². The summed E-state index contributed by atoms with van der Waals surface area (Å²) in [5.41, 5.74) is 0. The van der Waals surface area contributed by atoms with Crippen LogP contribution < -0.4 is 5.32 Å². The van der Waals surface area contributed by atoms with Gasteiger partial charge in [-0.25, -0.2) is 0 Å². The molecule has 3 heteroatoms. The van der Waals surface area contributed by atoms with E-state index in [-0.39, 0.29) is 0 Å². The molecule has 0 saturated carbocycles. The molecular formula is C12H24N2S. The summed E-state index contributed by atoms with van der Waals surface area (Å²) in [5, 5.41) is 3.61. The van der Waals surface area contributed by atoms with Crippen molar-refractivity contribution >= 4 is 11.8 Å². The van der Waals surface area contributed by atoms with E-state index in [0.717, 1.165) is 12.1 Å². The van der Waals surface area contributed by atoms with E-state index in [1.165, 1.54) is 56.8 Å². The maximum absolute atomic E-state index is 3.61. The summed E-state index contributed by atoms with van der Waals surface area (Å²) in [6, 6.07) is 1.65. The Kier molecular flexibility index (Phi) is 4.79. The van der Waals surface area contributed by atoms with Gasteiger partial charge in [0.2, 0.25) is 0 Å². The predicted molar refractivity (Wildman–Crippen MR) is 68.6 cm³/mol. The zero-order valence-electron chi connectivity index (χ0n) is 9.87. The summed E-state index contributed by atoms with van der Waals surface area (Å²) in [6.07, 6.45) is 5.58. The zero-order valence-corrected chi connectivity index (χ0v) is 10.7. The Bertz CT molecular complexity index is 174. The first-order chi connectivity index (χ1) is 7.40. The molecule has 0 spiro atoms. The molecule has 1 atom stereocenters. The second-order valence-corrected chi connectivity index (χ2v) is 5.95. The van der Waals surface area contributed by atoms with E-state index in [2.05, 4.69) is 28.9 Å². The summed E-state index contributed by atoms with van der Waals surface area (Å²) in [4.78, 5) is 2.71. The second kappa shape index (κ2) is 6.12. The Balaban J connectivity index is 1.79. The number of likely N-dealkylation sites (N-methyl/N-ethyl adjacent to an activating group) is 1. The van der Waals surface area contributed by atoms with Crippen molar-refractivity contribution in [3.63, 3.8) is 0 Å². The van der Waals surface area contributed by atoms with Crippen LogP contribution in [0.4, 0.5) is 0 Å².